The van der Waals surface area contributed by atoms with Crippen molar-refractivity contribution in [1.82, 2.24) is 0 Å². The normalized spacial score (nSPS) is 10.3. The number of anilines is 2. The van der Waals surface area contributed by atoms with Crippen molar-refractivity contribution in [3.63, 3.8) is 0 Å². The highest BCUT2D eigenvalue weighted by molar-refractivity contribution is 9.11. The maximum Gasteiger partial charge on any atom is 0.256 e. The average Bonchev–Trinajstić information content (AvgIpc) is 2.37. The molecule has 0 fully saturated rings. The van der Waals surface area contributed by atoms with E-state index >= 15 is 0 Å². The lowest BCUT2D eigenvalue weighted by Crippen LogP contribution is -2.13. The lowest BCUT2D eigenvalue weighted by molar-refractivity contribution is 0.102. The summed E-state index contributed by atoms with van der Waals surface area (Å²) in [5.74, 6) is -0.242. The van der Waals surface area contributed by atoms with E-state index in [2.05, 4.69) is 37.2 Å². The van der Waals surface area contributed by atoms with Crippen LogP contribution in [0, 0.1) is 0 Å². The molecule has 2 rings (SSSR count). The summed E-state index contributed by atoms with van der Waals surface area (Å²) in [5, 5.41) is 3.37. The SMILES string of the molecule is Nc1cccc(C(=O)Nc2ccc(Cl)c(Br)c2)c1Br. The average molecular weight is 404 g/mol. The van der Waals surface area contributed by atoms with Gasteiger partial charge in [0.2, 0.25) is 0 Å². The van der Waals surface area contributed by atoms with Crippen LogP contribution in [-0.4, -0.2) is 5.91 Å². The fourth-order valence-corrected chi connectivity index (χ4v) is 2.44. The number of amides is 1. The Labute approximate surface area is 132 Å². The number of hydrogen-bond acceptors (Lipinski definition) is 2. The van der Waals surface area contributed by atoms with E-state index in [1.165, 1.54) is 0 Å². The Hall–Kier alpha value is -1.04. The van der Waals surface area contributed by atoms with Gasteiger partial charge in [0, 0.05) is 15.8 Å². The second kappa shape index (κ2) is 5.94. The van der Waals surface area contributed by atoms with Crippen molar-refractivity contribution in [3.8, 4) is 0 Å². The molecule has 3 N–H and O–H groups in total. The van der Waals surface area contributed by atoms with Crippen molar-refractivity contribution in [3.05, 3.63) is 55.9 Å². The number of nitrogen functional groups attached to an aromatic ring is 1. The third-order valence-corrected chi connectivity index (χ3v) is 4.55. The molecule has 0 spiro atoms. The number of nitrogens with two attached hydrogens (primary N) is 1. The number of benzene rings is 2. The minimum absolute atomic E-state index is 0.242. The molecule has 0 atom stereocenters. The van der Waals surface area contributed by atoms with Crippen LogP contribution < -0.4 is 11.1 Å². The van der Waals surface area contributed by atoms with E-state index in [0.717, 1.165) is 4.47 Å². The van der Waals surface area contributed by atoms with Gasteiger partial charge in [-0.3, -0.25) is 4.79 Å². The summed E-state index contributed by atoms with van der Waals surface area (Å²) in [6, 6.07) is 10.3. The van der Waals surface area contributed by atoms with Gasteiger partial charge in [-0.1, -0.05) is 17.7 Å². The van der Waals surface area contributed by atoms with Crippen LogP contribution in [0.4, 0.5) is 11.4 Å². The molecule has 2 aromatic carbocycles. The van der Waals surface area contributed by atoms with Crippen LogP contribution in [0.5, 0.6) is 0 Å². The molecular formula is C13H9Br2ClN2O. The van der Waals surface area contributed by atoms with Gasteiger partial charge in [-0.2, -0.15) is 0 Å². The molecule has 98 valence electrons. The van der Waals surface area contributed by atoms with Gasteiger partial charge in [0.05, 0.1) is 15.1 Å². The summed E-state index contributed by atoms with van der Waals surface area (Å²) in [6.45, 7) is 0. The zero-order valence-corrected chi connectivity index (χ0v) is 13.5. The number of rotatable bonds is 2. The van der Waals surface area contributed by atoms with Crippen LogP contribution in [0.15, 0.2) is 45.3 Å². The highest BCUT2D eigenvalue weighted by Gasteiger charge is 2.12. The zero-order chi connectivity index (χ0) is 14.0. The summed E-state index contributed by atoms with van der Waals surface area (Å²) in [6.07, 6.45) is 0. The summed E-state index contributed by atoms with van der Waals surface area (Å²) >= 11 is 12.5. The zero-order valence-electron chi connectivity index (χ0n) is 9.58. The van der Waals surface area contributed by atoms with E-state index in [0.29, 0.717) is 26.4 Å². The molecule has 3 nitrogen and oxygen atoms in total. The van der Waals surface area contributed by atoms with Crippen LogP contribution >= 0.6 is 43.5 Å². The van der Waals surface area contributed by atoms with Gasteiger partial charge < -0.3 is 11.1 Å². The molecule has 0 unspecified atom stereocenters. The van der Waals surface area contributed by atoms with Crippen LogP contribution in [0.1, 0.15) is 10.4 Å². The van der Waals surface area contributed by atoms with Crippen LogP contribution in [0.25, 0.3) is 0 Å². The van der Waals surface area contributed by atoms with E-state index in [1.807, 2.05) is 0 Å². The molecule has 0 saturated carbocycles. The molecular weight excluding hydrogens is 395 g/mol. The quantitative estimate of drug-likeness (QED) is 0.713. The number of hydrogen-bond donors (Lipinski definition) is 2. The fourth-order valence-electron chi connectivity index (χ4n) is 1.50. The largest absolute Gasteiger partial charge is 0.398 e. The van der Waals surface area contributed by atoms with Gasteiger partial charge in [0.1, 0.15) is 0 Å². The number of halogens is 3. The molecule has 6 heteroatoms. The molecule has 2 aromatic rings. The molecule has 0 aliphatic rings. The van der Waals surface area contributed by atoms with Crippen molar-refractivity contribution in [2.75, 3.05) is 11.1 Å². The molecule has 0 heterocycles. The Morgan fingerprint density at radius 1 is 1.21 bits per heavy atom. The lowest BCUT2D eigenvalue weighted by Gasteiger charge is -2.09. The predicted molar refractivity (Wildman–Crippen MR) is 85.7 cm³/mol. The van der Waals surface area contributed by atoms with Gasteiger partial charge in [0.25, 0.3) is 5.91 Å². The van der Waals surface area contributed by atoms with E-state index in [4.69, 9.17) is 17.3 Å². The minimum Gasteiger partial charge on any atom is -0.398 e. The van der Waals surface area contributed by atoms with Crippen LogP contribution in [0.3, 0.4) is 0 Å². The van der Waals surface area contributed by atoms with Gasteiger partial charge in [-0.15, -0.1) is 0 Å². The first-order chi connectivity index (χ1) is 8.99. The topological polar surface area (TPSA) is 55.1 Å². The van der Waals surface area contributed by atoms with Gasteiger partial charge in [-0.25, -0.2) is 0 Å². The Kier molecular flexibility index (Phi) is 4.50. The fraction of sp³-hybridized carbons (Fsp3) is 0. The molecule has 0 radical (unpaired) electrons. The van der Waals surface area contributed by atoms with E-state index in [9.17, 15) is 4.79 Å². The second-order valence-electron chi connectivity index (χ2n) is 3.79. The molecule has 0 aliphatic carbocycles. The first-order valence-electron chi connectivity index (χ1n) is 5.29. The van der Waals surface area contributed by atoms with Crippen molar-refractivity contribution in [2.24, 2.45) is 0 Å². The Morgan fingerprint density at radius 3 is 2.63 bits per heavy atom. The smallest absolute Gasteiger partial charge is 0.256 e. The molecule has 19 heavy (non-hydrogen) atoms. The molecule has 0 saturated heterocycles. The summed E-state index contributed by atoms with van der Waals surface area (Å²) in [4.78, 5) is 12.1. The van der Waals surface area contributed by atoms with Crippen molar-refractivity contribution in [2.45, 2.75) is 0 Å². The molecule has 1 amide bonds. The first-order valence-corrected chi connectivity index (χ1v) is 7.26. The standard InChI is InChI=1S/C13H9Br2ClN2O/c14-9-6-7(4-5-10(9)16)18-13(19)8-2-1-3-11(17)12(8)15/h1-6H,17H2,(H,18,19). The number of carbonyl (C=O) groups is 1. The summed E-state index contributed by atoms with van der Waals surface area (Å²) < 4.78 is 1.30. The van der Waals surface area contributed by atoms with Crippen molar-refractivity contribution in [1.29, 1.82) is 0 Å². The maximum atomic E-state index is 12.1. The molecule has 0 bridgehead atoms. The number of carbonyl (C=O) groups excluding carboxylic acids is 1. The van der Waals surface area contributed by atoms with E-state index in [-0.39, 0.29) is 5.91 Å². The van der Waals surface area contributed by atoms with Crippen LogP contribution in [-0.2, 0) is 0 Å². The maximum absolute atomic E-state index is 12.1. The van der Waals surface area contributed by atoms with Crippen molar-refractivity contribution >= 4 is 60.7 Å². The Morgan fingerprint density at radius 2 is 1.95 bits per heavy atom. The Bertz CT molecular complexity index is 647. The minimum atomic E-state index is -0.242. The van der Waals surface area contributed by atoms with Gasteiger partial charge in [-0.05, 0) is 62.2 Å². The van der Waals surface area contributed by atoms with Crippen LogP contribution in [0.2, 0.25) is 5.02 Å². The molecule has 0 aromatic heterocycles. The lowest BCUT2D eigenvalue weighted by atomic mass is 10.2. The van der Waals surface area contributed by atoms with E-state index in [1.54, 1.807) is 36.4 Å². The predicted octanol–water partition coefficient (Wildman–Crippen LogP) is 4.70. The highest BCUT2D eigenvalue weighted by atomic mass is 79.9. The first kappa shape index (κ1) is 14.4. The summed E-state index contributed by atoms with van der Waals surface area (Å²) in [5.41, 5.74) is 7.39. The monoisotopic (exact) mass is 402 g/mol. The van der Waals surface area contributed by atoms with Gasteiger partial charge in [0.15, 0.2) is 0 Å². The Balaban J connectivity index is 2.26. The van der Waals surface area contributed by atoms with Crippen molar-refractivity contribution < 1.29 is 4.79 Å². The highest BCUT2D eigenvalue weighted by Crippen LogP contribution is 2.27. The third kappa shape index (κ3) is 3.29. The third-order valence-electron chi connectivity index (χ3n) is 2.45. The molecule has 0 aliphatic heterocycles. The summed E-state index contributed by atoms with van der Waals surface area (Å²) in [7, 11) is 0. The number of nitrogens with one attached hydrogen (secondary N) is 1. The van der Waals surface area contributed by atoms with E-state index < -0.39 is 0 Å². The van der Waals surface area contributed by atoms with Gasteiger partial charge >= 0.3 is 0 Å². The second-order valence-corrected chi connectivity index (χ2v) is 5.85.